The molecule has 4 aromatic rings. The Morgan fingerprint density at radius 3 is 2.85 bits per heavy atom. The second kappa shape index (κ2) is 8.56. The molecule has 7 heteroatoms. The quantitative estimate of drug-likeness (QED) is 0.399. The third-order valence-corrected chi connectivity index (χ3v) is 6.43. The first-order valence-electron chi connectivity index (χ1n) is 11.2. The zero-order valence-corrected chi connectivity index (χ0v) is 19.4. The Balaban J connectivity index is 1.62. The Morgan fingerprint density at radius 1 is 1.21 bits per heavy atom. The minimum Gasteiger partial charge on any atom is -0.435 e. The molecule has 170 valence electrons. The number of aliphatic imine (C=N–C) groups is 1. The molecule has 0 fully saturated rings. The molecule has 0 spiro atoms. The van der Waals surface area contributed by atoms with Crippen LogP contribution in [0.4, 0.5) is 5.69 Å². The van der Waals surface area contributed by atoms with E-state index in [0.29, 0.717) is 23.6 Å². The van der Waals surface area contributed by atoms with Crippen LogP contribution in [0.2, 0.25) is 0 Å². The van der Waals surface area contributed by atoms with Crippen LogP contribution in [0.1, 0.15) is 40.7 Å². The predicted octanol–water partition coefficient (Wildman–Crippen LogP) is 5.36. The number of nitriles is 1. The number of anilines is 1. The molecule has 0 saturated carbocycles. The Morgan fingerprint density at radius 2 is 2.06 bits per heavy atom. The normalized spacial score (nSPS) is 17.2. The molecule has 5 rings (SSSR count). The first-order chi connectivity index (χ1) is 16.4. The van der Waals surface area contributed by atoms with Crippen molar-refractivity contribution >= 4 is 22.9 Å². The first-order valence-corrected chi connectivity index (χ1v) is 11.2. The molecule has 3 heterocycles. The Bertz CT molecular complexity index is 1480. The van der Waals surface area contributed by atoms with Gasteiger partial charge in [0.1, 0.15) is 11.3 Å². The topological polar surface area (TPSA) is 105 Å². The van der Waals surface area contributed by atoms with Gasteiger partial charge >= 0.3 is 0 Å². The molecule has 0 saturated heterocycles. The molecule has 3 N–H and O–H groups in total. The SMILES string of the molecule is Cc1cc(C2C=CN=CC2C)cc(Cc2cc(C#N)ccc2N)c1Oc1n[nH]c2ccn(C)c12. The molecule has 1 aliphatic heterocycles. The molecule has 2 atom stereocenters. The molecule has 2 unspecified atom stereocenters. The molecule has 7 nitrogen and oxygen atoms in total. The van der Waals surface area contributed by atoms with Crippen LogP contribution in [-0.2, 0) is 13.5 Å². The van der Waals surface area contributed by atoms with Gasteiger partial charge in [-0.25, -0.2) is 0 Å². The number of aryl methyl sites for hydroxylation is 2. The minimum absolute atomic E-state index is 0.219. The number of allylic oxidation sites excluding steroid dienone is 1. The van der Waals surface area contributed by atoms with Crippen molar-refractivity contribution in [1.82, 2.24) is 14.8 Å². The molecule has 0 aliphatic carbocycles. The van der Waals surface area contributed by atoms with E-state index in [-0.39, 0.29) is 11.8 Å². The van der Waals surface area contributed by atoms with Crippen molar-refractivity contribution in [2.75, 3.05) is 5.73 Å². The van der Waals surface area contributed by atoms with Crippen LogP contribution in [-0.4, -0.2) is 21.0 Å². The van der Waals surface area contributed by atoms with Crippen molar-refractivity contribution in [3.05, 3.63) is 82.7 Å². The van der Waals surface area contributed by atoms with Gasteiger partial charge in [0.25, 0.3) is 5.88 Å². The van der Waals surface area contributed by atoms with Crippen LogP contribution in [0.25, 0.3) is 11.0 Å². The summed E-state index contributed by atoms with van der Waals surface area (Å²) in [6.45, 7) is 4.22. The number of nitrogens with two attached hydrogens (primary N) is 1. The second-order valence-electron chi connectivity index (χ2n) is 8.87. The average Bonchev–Trinajstić information content (AvgIpc) is 3.40. The molecule has 0 radical (unpaired) electrons. The van der Waals surface area contributed by atoms with Gasteiger partial charge in [0.05, 0.1) is 17.1 Å². The number of benzene rings is 2. The third-order valence-electron chi connectivity index (χ3n) is 6.43. The summed E-state index contributed by atoms with van der Waals surface area (Å²) in [7, 11) is 1.97. The number of ether oxygens (including phenoxy) is 1. The van der Waals surface area contributed by atoms with Crippen molar-refractivity contribution in [3.8, 4) is 17.7 Å². The summed E-state index contributed by atoms with van der Waals surface area (Å²) in [5.74, 6) is 1.78. The number of aromatic amines is 1. The highest BCUT2D eigenvalue weighted by molar-refractivity contribution is 5.81. The molecular weight excluding hydrogens is 424 g/mol. The third kappa shape index (κ3) is 3.84. The zero-order valence-electron chi connectivity index (χ0n) is 19.4. The Labute approximate surface area is 198 Å². The molecule has 34 heavy (non-hydrogen) atoms. The van der Waals surface area contributed by atoms with E-state index < -0.39 is 0 Å². The van der Waals surface area contributed by atoms with Gasteiger partial charge in [0.15, 0.2) is 0 Å². The van der Waals surface area contributed by atoms with E-state index in [1.54, 1.807) is 12.1 Å². The van der Waals surface area contributed by atoms with Gasteiger partial charge in [0, 0.05) is 49.6 Å². The zero-order chi connectivity index (χ0) is 23.8. The largest absolute Gasteiger partial charge is 0.435 e. The van der Waals surface area contributed by atoms with Crippen LogP contribution >= 0.6 is 0 Å². The minimum atomic E-state index is 0.219. The van der Waals surface area contributed by atoms with Crippen molar-refractivity contribution in [2.24, 2.45) is 18.0 Å². The lowest BCUT2D eigenvalue weighted by molar-refractivity contribution is 0.455. The van der Waals surface area contributed by atoms with E-state index in [0.717, 1.165) is 33.5 Å². The summed E-state index contributed by atoms with van der Waals surface area (Å²) in [4.78, 5) is 4.29. The summed E-state index contributed by atoms with van der Waals surface area (Å²) < 4.78 is 8.44. The lowest BCUT2D eigenvalue weighted by Gasteiger charge is -2.23. The van der Waals surface area contributed by atoms with Gasteiger partial charge < -0.3 is 15.0 Å². The number of nitrogens with zero attached hydrogens (tertiary/aromatic N) is 4. The van der Waals surface area contributed by atoms with Crippen molar-refractivity contribution < 1.29 is 4.74 Å². The molecule has 2 aromatic carbocycles. The lowest BCUT2D eigenvalue weighted by atomic mass is 9.84. The number of aromatic nitrogens is 3. The van der Waals surface area contributed by atoms with Crippen molar-refractivity contribution in [3.63, 3.8) is 0 Å². The number of hydrogen-bond donors (Lipinski definition) is 2. The summed E-state index contributed by atoms with van der Waals surface area (Å²) in [5, 5.41) is 16.8. The number of nitrogen functional groups attached to an aromatic ring is 1. The highest BCUT2D eigenvalue weighted by Gasteiger charge is 2.22. The highest BCUT2D eigenvalue weighted by Crippen LogP contribution is 2.38. The van der Waals surface area contributed by atoms with Gasteiger partial charge in [-0.3, -0.25) is 10.1 Å². The second-order valence-corrected chi connectivity index (χ2v) is 8.87. The smallest absolute Gasteiger partial charge is 0.262 e. The fourth-order valence-electron chi connectivity index (χ4n) is 4.61. The fraction of sp³-hybridized carbons (Fsp3) is 0.222. The maximum absolute atomic E-state index is 9.39. The van der Waals surface area contributed by atoms with Gasteiger partial charge in [-0.05, 0) is 53.4 Å². The van der Waals surface area contributed by atoms with Crippen molar-refractivity contribution in [2.45, 2.75) is 26.2 Å². The van der Waals surface area contributed by atoms with Gasteiger partial charge in [-0.2, -0.15) is 5.26 Å². The molecule has 0 bridgehead atoms. The van der Waals surface area contributed by atoms with Gasteiger partial charge in [-0.15, -0.1) is 5.10 Å². The number of hydrogen-bond acceptors (Lipinski definition) is 5. The maximum Gasteiger partial charge on any atom is 0.262 e. The van der Waals surface area contributed by atoms with Crippen molar-refractivity contribution in [1.29, 1.82) is 5.26 Å². The monoisotopic (exact) mass is 450 g/mol. The lowest BCUT2D eigenvalue weighted by Crippen LogP contribution is -2.12. The number of rotatable bonds is 5. The first kappa shape index (κ1) is 21.5. The van der Waals surface area contributed by atoms with Gasteiger partial charge in [-0.1, -0.05) is 25.1 Å². The van der Waals surface area contributed by atoms with E-state index in [4.69, 9.17) is 10.5 Å². The van der Waals surface area contributed by atoms with E-state index in [9.17, 15) is 5.26 Å². The summed E-state index contributed by atoms with van der Waals surface area (Å²) in [6, 6.07) is 13.9. The molecule has 0 amide bonds. The highest BCUT2D eigenvalue weighted by atomic mass is 16.5. The van der Waals surface area contributed by atoms with E-state index in [1.165, 1.54) is 5.56 Å². The van der Waals surface area contributed by atoms with Gasteiger partial charge in [0.2, 0.25) is 0 Å². The number of nitrogens with one attached hydrogen (secondary N) is 1. The van der Waals surface area contributed by atoms with Crippen LogP contribution in [0.5, 0.6) is 11.6 Å². The predicted molar refractivity (Wildman–Crippen MR) is 134 cm³/mol. The molecule has 2 aromatic heterocycles. The standard InChI is InChI=1S/C27H26N6O/c1-16-10-19(22-6-8-30-15-17(22)2)12-21(13-20-11-18(14-28)4-5-23(20)29)26(16)34-27-25-24(31-32-27)7-9-33(25)3/h4-12,15,17,22H,13,29H2,1-3H3,(H,31,32). The average molecular weight is 451 g/mol. The summed E-state index contributed by atoms with van der Waals surface area (Å²) in [6.07, 6.45) is 8.47. The Kier molecular flexibility index (Phi) is 5.42. The maximum atomic E-state index is 9.39. The molecule has 1 aliphatic rings. The number of fused-ring (bicyclic) bond motifs is 1. The summed E-state index contributed by atoms with van der Waals surface area (Å²) in [5.41, 5.74) is 13.4. The molecular formula is C27H26N6O. The number of H-pyrrole nitrogens is 1. The Hall–Kier alpha value is -4.31. The van der Waals surface area contributed by atoms with E-state index >= 15 is 0 Å². The van der Waals surface area contributed by atoms with Crippen LogP contribution in [0.3, 0.4) is 0 Å². The van der Waals surface area contributed by atoms with Crippen LogP contribution in [0.15, 0.2) is 59.9 Å². The fourth-order valence-corrected chi connectivity index (χ4v) is 4.61. The van der Waals surface area contributed by atoms with Crippen LogP contribution in [0, 0.1) is 24.2 Å². The van der Waals surface area contributed by atoms with E-state index in [1.807, 2.05) is 42.4 Å². The van der Waals surface area contributed by atoms with E-state index in [2.05, 4.69) is 53.3 Å². The summed E-state index contributed by atoms with van der Waals surface area (Å²) >= 11 is 0. The van der Waals surface area contributed by atoms with Crippen LogP contribution < -0.4 is 10.5 Å².